The van der Waals surface area contributed by atoms with Crippen molar-refractivity contribution in [2.45, 2.75) is 11.2 Å². The van der Waals surface area contributed by atoms with Gasteiger partial charge in [0.15, 0.2) is 0 Å². The Bertz CT molecular complexity index is 721. The molecule has 5 heteroatoms. The van der Waals surface area contributed by atoms with E-state index in [0.29, 0.717) is 0 Å². The molecule has 1 aromatic heterocycles. The number of para-hydroxylation sites is 1. The summed E-state index contributed by atoms with van der Waals surface area (Å²) >= 11 is 12.7. The van der Waals surface area contributed by atoms with Gasteiger partial charge in [-0.3, -0.25) is 0 Å². The molecule has 1 heterocycles. The summed E-state index contributed by atoms with van der Waals surface area (Å²) in [5, 5.41) is 1.15. The first kappa shape index (κ1) is 14.7. The van der Waals surface area contributed by atoms with Crippen LogP contribution >= 0.6 is 59.1 Å². The third-order valence-corrected chi connectivity index (χ3v) is 6.08. The number of benzene rings is 2. The Labute approximate surface area is 146 Å². The third-order valence-electron chi connectivity index (χ3n) is 2.99. The SMILES string of the molecule is Brc1ccc(Br)c(C(Br)Cc2nc3ccccc3s2)c1. The molecule has 0 saturated carbocycles. The van der Waals surface area contributed by atoms with Gasteiger partial charge in [-0.2, -0.15) is 0 Å². The van der Waals surface area contributed by atoms with E-state index in [2.05, 4.69) is 78.1 Å². The molecule has 0 fully saturated rings. The second-order valence-electron chi connectivity index (χ2n) is 4.41. The molecule has 0 bridgehead atoms. The highest BCUT2D eigenvalue weighted by Gasteiger charge is 2.15. The molecule has 2 aromatic carbocycles. The summed E-state index contributed by atoms with van der Waals surface area (Å²) in [6.45, 7) is 0. The van der Waals surface area contributed by atoms with Crippen molar-refractivity contribution in [3.63, 3.8) is 0 Å². The average molecular weight is 476 g/mol. The Morgan fingerprint density at radius 1 is 1.10 bits per heavy atom. The van der Waals surface area contributed by atoms with Gasteiger partial charge in [0, 0.05) is 20.2 Å². The van der Waals surface area contributed by atoms with Crippen molar-refractivity contribution in [2.24, 2.45) is 0 Å². The zero-order valence-electron chi connectivity index (χ0n) is 10.3. The van der Waals surface area contributed by atoms with Crippen LogP contribution in [0, 0.1) is 0 Å². The minimum Gasteiger partial charge on any atom is -0.241 e. The van der Waals surface area contributed by atoms with Crippen LogP contribution in [0.3, 0.4) is 0 Å². The molecule has 1 atom stereocenters. The Balaban J connectivity index is 1.88. The van der Waals surface area contributed by atoms with Crippen LogP contribution < -0.4 is 0 Å². The van der Waals surface area contributed by atoms with E-state index in [1.165, 1.54) is 10.3 Å². The molecule has 1 nitrogen and oxygen atoms in total. The molecule has 102 valence electrons. The lowest BCUT2D eigenvalue weighted by Gasteiger charge is -2.11. The molecule has 0 radical (unpaired) electrons. The molecular weight excluding hydrogens is 466 g/mol. The number of hydrogen-bond acceptors (Lipinski definition) is 2. The first-order valence-corrected chi connectivity index (χ1v) is 9.39. The van der Waals surface area contributed by atoms with Crippen molar-refractivity contribution in [2.75, 3.05) is 0 Å². The highest BCUT2D eigenvalue weighted by atomic mass is 79.9. The zero-order chi connectivity index (χ0) is 14.1. The van der Waals surface area contributed by atoms with Gasteiger partial charge < -0.3 is 0 Å². The molecule has 1 unspecified atom stereocenters. The molecule has 0 saturated heterocycles. The van der Waals surface area contributed by atoms with Crippen molar-refractivity contribution in [3.8, 4) is 0 Å². The molecule has 0 aliphatic carbocycles. The van der Waals surface area contributed by atoms with Crippen molar-refractivity contribution in [1.29, 1.82) is 0 Å². The monoisotopic (exact) mass is 473 g/mol. The standard InChI is InChI=1S/C15H10Br3NS/c16-9-5-6-11(17)10(7-9)12(18)8-15-19-13-3-1-2-4-14(13)20-15/h1-7,12H,8H2. The fourth-order valence-corrected chi connectivity index (χ4v) is 5.15. The first-order valence-electron chi connectivity index (χ1n) is 6.07. The van der Waals surface area contributed by atoms with Gasteiger partial charge in [0.05, 0.1) is 15.2 Å². The van der Waals surface area contributed by atoms with E-state index in [9.17, 15) is 0 Å². The largest absolute Gasteiger partial charge is 0.241 e. The van der Waals surface area contributed by atoms with E-state index < -0.39 is 0 Å². The second-order valence-corrected chi connectivity index (χ2v) is 8.40. The lowest BCUT2D eigenvalue weighted by atomic mass is 10.1. The van der Waals surface area contributed by atoms with Crippen molar-refractivity contribution in [3.05, 3.63) is 62.0 Å². The maximum absolute atomic E-state index is 4.69. The van der Waals surface area contributed by atoms with Gasteiger partial charge in [0.25, 0.3) is 0 Å². The third kappa shape index (κ3) is 3.16. The molecule has 0 aliphatic rings. The highest BCUT2D eigenvalue weighted by Crippen LogP contribution is 2.35. The van der Waals surface area contributed by atoms with E-state index >= 15 is 0 Å². The van der Waals surface area contributed by atoms with Crippen LogP contribution in [0.25, 0.3) is 10.2 Å². The van der Waals surface area contributed by atoms with Crippen LogP contribution in [0.5, 0.6) is 0 Å². The quantitative estimate of drug-likeness (QED) is 0.394. The Kier molecular flexibility index (Phi) is 4.60. The number of halogens is 3. The Morgan fingerprint density at radius 2 is 1.90 bits per heavy atom. The highest BCUT2D eigenvalue weighted by molar-refractivity contribution is 9.11. The lowest BCUT2D eigenvalue weighted by Crippen LogP contribution is -1.96. The number of alkyl halides is 1. The van der Waals surface area contributed by atoms with Gasteiger partial charge >= 0.3 is 0 Å². The summed E-state index contributed by atoms with van der Waals surface area (Å²) in [4.78, 5) is 4.94. The summed E-state index contributed by atoms with van der Waals surface area (Å²) in [7, 11) is 0. The molecule has 20 heavy (non-hydrogen) atoms. The molecular formula is C15H10Br3NS. The summed E-state index contributed by atoms with van der Waals surface area (Å²) in [5.41, 5.74) is 2.32. The Morgan fingerprint density at radius 3 is 2.70 bits per heavy atom. The molecule has 0 amide bonds. The van der Waals surface area contributed by atoms with E-state index in [4.69, 9.17) is 4.98 Å². The zero-order valence-corrected chi connectivity index (χ0v) is 15.9. The number of nitrogens with zero attached hydrogens (tertiary/aromatic N) is 1. The van der Waals surface area contributed by atoms with Gasteiger partial charge in [-0.25, -0.2) is 4.98 Å². The predicted molar refractivity (Wildman–Crippen MR) is 96.8 cm³/mol. The van der Waals surface area contributed by atoms with Crippen molar-refractivity contribution < 1.29 is 0 Å². The lowest BCUT2D eigenvalue weighted by molar-refractivity contribution is 0.932. The molecule has 3 rings (SSSR count). The van der Waals surface area contributed by atoms with Gasteiger partial charge in [-0.1, -0.05) is 59.9 Å². The molecule has 3 aromatic rings. The van der Waals surface area contributed by atoms with Gasteiger partial charge in [0.1, 0.15) is 0 Å². The molecule has 0 aliphatic heterocycles. The van der Waals surface area contributed by atoms with Gasteiger partial charge in [0.2, 0.25) is 0 Å². The minimum absolute atomic E-state index is 0.245. The fraction of sp³-hybridized carbons (Fsp3) is 0.133. The van der Waals surface area contributed by atoms with E-state index in [-0.39, 0.29) is 4.83 Å². The topological polar surface area (TPSA) is 12.9 Å². The van der Waals surface area contributed by atoms with E-state index in [1.54, 1.807) is 11.3 Å². The van der Waals surface area contributed by atoms with Gasteiger partial charge in [-0.15, -0.1) is 11.3 Å². The van der Waals surface area contributed by atoms with Crippen molar-refractivity contribution >= 4 is 69.3 Å². The predicted octanol–water partition coefficient (Wildman–Crippen LogP) is 6.50. The van der Waals surface area contributed by atoms with E-state index in [0.717, 1.165) is 25.9 Å². The molecule has 0 spiro atoms. The number of rotatable bonds is 3. The number of thiazole rings is 1. The van der Waals surface area contributed by atoms with Crippen molar-refractivity contribution in [1.82, 2.24) is 4.98 Å². The maximum Gasteiger partial charge on any atom is 0.0953 e. The second kappa shape index (κ2) is 6.26. The summed E-state index contributed by atoms with van der Waals surface area (Å²) < 4.78 is 3.45. The van der Waals surface area contributed by atoms with Crippen LogP contribution in [-0.2, 0) is 6.42 Å². The van der Waals surface area contributed by atoms with Crippen LogP contribution in [0.4, 0.5) is 0 Å². The van der Waals surface area contributed by atoms with Crippen LogP contribution in [0.2, 0.25) is 0 Å². The Hall–Kier alpha value is -0.230. The number of aromatic nitrogens is 1. The van der Waals surface area contributed by atoms with Crippen LogP contribution in [0.1, 0.15) is 15.4 Å². The average Bonchev–Trinajstić information content (AvgIpc) is 2.83. The number of fused-ring (bicyclic) bond motifs is 1. The molecule has 0 N–H and O–H groups in total. The van der Waals surface area contributed by atoms with Crippen LogP contribution in [0.15, 0.2) is 51.4 Å². The first-order chi connectivity index (χ1) is 9.63. The summed E-state index contributed by atoms with van der Waals surface area (Å²) in [5.74, 6) is 0. The maximum atomic E-state index is 4.69. The summed E-state index contributed by atoms with van der Waals surface area (Å²) in [6.07, 6.45) is 0.883. The fourth-order valence-electron chi connectivity index (χ4n) is 2.03. The van der Waals surface area contributed by atoms with Crippen LogP contribution in [-0.4, -0.2) is 4.98 Å². The minimum atomic E-state index is 0.245. The number of hydrogen-bond donors (Lipinski definition) is 0. The normalized spacial score (nSPS) is 12.8. The summed E-state index contributed by atoms with van der Waals surface area (Å²) in [6, 6.07) is 14.5. The smallest absolute Gasteiger partial charge is 0.0953 e. The van der Waals surface area contributed by atoms with E-state index in [1.807, 2.05) is 12.1 Å². The van der Waals surface area contributed by atoms with Gasteiger partial charge in [-0.05, 0) is 35.9 Å².